The van der Waals surface area contributed by atoms with Crippen LogP contribution in [0, 0.1) is 5.82 Å². The molecule has 2 N–H and O–H groups in total. The third kappa shape index (κ3) is 4.08. The molecule has 0 unspecified atom stereocenters. The van der Waals surface area contributed by atoms with Crippen molar-refractivity contribution < 1.29 is 9.18 Å². The summed E-state index contributed by atoms with van der Waals surface area (Å²) in [5.74, 6) is -0.144. The predicted molar refractivity (Wildman–Crippen MR) is 97.5 cm³/mol. The first-order valence-corrected chi connectivity index (χ1v) is 8.22. The summed E-state index contributed by atoms with van der Waals surface area (Å²) in [7, 11) is 0. The van der Waals surface area contributed by atoms with E-state index in [4.69, 9.17) is 12.2 Å². The van der Waals surface area contributed by atoms with Crippen LogP contribution in [0.3, 0.4) is 0 Å². The van der Waals surface area contributed by atoms with Crippen molar-refractivity contribution in [3.63, 3.8) is 0 Å². The summed E-state index contributed by atoms with van der Waals surface area (Å²) in [5, 5.41) is 6.46. The minimum atomic E-state index is -0.314. The largest absolute Gasteiger partial charge is 0.358 e. The summed E-state index contributed by atoms with van der Waals surface area (Å²) in [4.78, 5) is 13.6. The normalized spacial score (nSPS) is 13.9. The van der Waals surface area contributed by atoms with Crippen LogP contribution in [0.1, 0.15) is 18.4 Å². The smallest absolute Gasteiger partial charge is 0.227 e. The number of halogens is 1. The second-order valence-electron chi connectivity index (χ2n) is 5.64. The van der Waals surface area contributed by atoms with Crippen molar-refractivity contribution in [1.82, 2.24) is 5.32 Å². The van der Waals surface area contributed by atoms with Crippen LogP contribution < -0.4 is 15.5 Å². The van der Waals surface area contributed by atoms with Crippen molar-refractivity contribution in [2.75, 3.05) is 16.8 Å². The fraction of sp³-hybridized carbons (Fsp3) is 0.222. The Balaban J connectivity index is 1.58. The lowest BCUT2D eigenvalue weighted by Crippen LogP contribution is -2.28. The first-order valence-electron chi connectivity index (χ1n) is 7.81. The van der Waals surface area contributed by atoms with E-state index in [0.29, 0.717) is 23.8 Å². The lowest BCUT2D eigenvalue weighted by molar-refractivity contribution is -0.117. The molecule has 2 aromatic rings. The van der Waals surface area contributed by atoms with Gasteiger partial charge in [0.2, 0.25) is 5.91 Å². The van der Waals surface area contributed by atoms with Gasteiger partial charge in [0, 0.05) is 30.9 Å². The lowest BCUT2D eigenvalue weighted by atomic mass is 10.2. The van der Waals surface area contributed by atoms with Crippen molar-refractivity contribution in [3.05, 3.63) is 59.9 Å². The van der Waals surface area contributed by atoms with Crippen LogP contribution in [0.15, 0.2) is 48.5 Å². The van der Waals surface area contributed by atoms with Gasteiger partial charge in [-0.05, 0) is 54.5 Å². The van der Waals surface area contributed by atoms with Gasteiger partial charge in [0.15, 0.2) is 5.11 Å². The van der Waals surface area contributed by atoms with E-state index < -0.39 is 0 Å². The number of carbonyl (C=O) groups is 1. The molecule has 24 heavy (non-hydrogen) atoms. The zero-order chi connectivity index (χ0) is 16.9. The maximum Gasteiger partial charge on any atom is 0.227 e. The molecule has 3 rings (SSSR count). The number of hydrogen-bond acceptors (Lipinski definition) is 2. The van der Waals surface area contributed by atoms with Crippen LogP contribution in [-0.2, 0) is 11.3 Å². The molecule has 1 fully saturated rings. The Labute approximate surface area is 145 Å². The van der Waals surface area contributed by atoms with E-state index in [9.17, 15) is 9.18 Å². The van der Waals surface area contributed by atoms with E-state index in [-0.39, 0.29) is 11.7 Å². The molecule has 0 aliphatic carbocycles. The van der Waals surface area contributed by atoms with E-state index in [1.807, 2.05) is 29.2 Å². The van der Waals surface area contributed by atoms with Crippen molar-refractivity contribution in [2.24, 2.45) is 0 Å². The van der Waals surface area contributed by atoms with Crippen LogP contribution in [0.2, 0.25) is 0 Å². The Morgan fingerprint density at radius 3 is 2.79 bits per heavy atom. The summed E-state index contributed by atoms with van der Waals surface area (Å²) in [6.45, 7) is 1.30. The molecular formula is C18H18FN3OS. The molecule has 0 atom stereocenters. The van der Waals surface area contributed by atoms with E-state index in [1.165, 1.54) is 12.1 Å². The number of nitrogens with zero attached hydrogens (tertiary/aromatic N) is 1. The van der Waals surface area contributed by atoms with Gasteiger partial charge in [-0.15, -0.1) is 0 Å². The quantitative estimate of drug-likeness (QED) is 0.835. The number of anilines is 2. The van der Waals surface area contributed by atoms with Gasteiger partial charge in [0.05, 0.1) is 0 Å². The van der Waals surface area contributed by atoms with E-state index in [0.717, 1.165) is 24.2 Å². The summed E-state index contributed by atoms with van der Waals surface area (Å²) in [6, 6.07) is 14.0. The molecule has 1 amide bonds. The molecule has 1 saturated heterocycles. The number of nitrogens with one attached hydrogen (secondary N) is 2. The van der Waals surface area contributed by atoms with Crippen molar-refractivity contribution in [1.29, 1.82) is 0 Å². The predicted octanol–water partition coefficient (Wildman–Crippen LogP) is 3.44. The standard InChI is InChI=1S/C18H18FN3OS/c19-14-5-2-6-15(11-14)21-18(24)20-12-13-4-1-7-16(10-13)22-9-3-8-17(22)23/h1-2,4-7,10-11H,3,8-9,12H2,(H2,20,21,24). The van der Waals surface area contributed by atoms with Crippen LogP contribution in [0.25, 0.3) is 0 Å². The monoisotopic (exact) mass is 343 g/mol. The van der Waals surface area contributed by atoms with Crippen LogP contribution >= 0.6 is 12.2 Å². The fourth-order valence-corrected chi connectivity index (χ4v) is 2.87. The molecule has 1 aliphatic heterocycles. The fourth-order valence-electron chi connectivity index (χ4n) is 2.68. The average Bonchev–Trinajstić information content (AvgIpc) is 2.99. The third-order valence-electron chi connectivity index (χ3n) is 3.83. The minimum absolute atomic E-state index is 0.170. The Bertz CT molecular complexity index is 765. The molecule has 0 saturated carbocycles. The van der Waals surface area contributed by atoms with Gasteiger partial charge in [0.1, 0.15) is 5.82 Å². The van der Waals surface area contributed by atoms with Gasteiger partial charge in [-0.3, -0.25) is 4.79 Å². The van der Waals surface area contributed by atoms with Gasteiger partial charge < -0.3 is 15.5 Å². The van der Waals surface area contributed by atoms with Crippen molar-refractivity contribution >= 4 is 34.6 Å². The number of hydrogen-bond donors (Lipinski definition) is 2. The van der Waals surface area contributed by atoms with Crippen LogP contribution in [0.5, 0.6) is 0 Å². The SMILES string of the molecule is O=C1CCCN1c1cccc(CNC(=S)Nc2cccc(F)c2)c1. The molecule has 2 aromatic carbocycles. The van der Waals surface area contributed by atoms with E-state index >= 15 is 0 Å². The van der Waals surface area contributed by atoms with Crippen molar-refractivity contribution in [2.45, 2.75) is 19.4 Å². The number of benzene rings is 2. The topological polar surface area (TPSA) is 44.4 Å². The molecule has 4 nitrogen and oxygen atoms in total. The third-order valence-corrected chi connectivity index (χ3v) is 4.08. The minimum Gasteiger partial charge on any atom is -0.358 e. The molecule has 124 valence electrons. The molecule has 1 heterocycles. The van der Waals surface area contributed by atoms with Crippen LogP contribution in [0.4, 0.5) is 15.8 Å². The zero-order valence-corrected chi connectivity index (χ0v) is 13.9. The second kappa shape index (κ2) is 7.40. The lowest BCUT2D eigenvalue weighted by Gasteiger charge is -2.17. The van der Waals surface area contributed by atoms with Gasteiger partial charge in [-0.1, -0.05) is 18.2 Å². The zero-order valence-electron chi connectivity index (χ0n) is 13.1. The Hall–Kier alpha value is -2.47. The highest BCUT2D eigenvalue weighted by molar-refractivity contribution is 7.80. The maximum atomic E-state index is 13.2. The summed E-state index contributed by atoms with van der Waals surface area (Å²) < 4.78 is 13.2. The number of amides is 1. The van der Waals surface area contributed by atoms with Crippen molar-refractivity contribution in [3.8, 4) is 0 Å². The summed E-state index contributed by atoms with van der Waals surface area (Å²) in [6.07, 6.45) is 1.52. The summed E-state index contributed by atoms with van der Waals surface area (Å²) in [5.41, 5.74) is 2.54. The molecule has 0 aromatic heterocycles. The molecule has 1 aliphatic rings. The Morgan fingerprint density at radius 1 is 1.21 bits per heavy atom. The molecule has 6 heteroatoms. The number of rotatable bonds is 4. The molecule has 0 spiro atoms. The first-order chi connectivity index (χ1) is 11.6. The van der Waals surface area contributed by atoms with Gasteiger partial charge in [0.25, 0.3) is 0 Å². The van der Waals surface area contributed by atoms with Gasteiger partial charge in [-0.25, -0.2) is 4.39 Å². The molecule has 0 radical (unpaired) electrons. The number of thiocarbonyl (C=S) groups is 1. The average molecular weight is 343 g/mol. The Morgan fingerprint density at radius 2 is 2.04 bits per heavy atom. The molecule has 0 bridgehead atoms. The maximum absolute atomic E-state index is 13.2. The molecular weight excluding hydrogens is 325 g/mol. The van der Waals surface area contributed by atoms with Gasteiger partial charge in [-0.2, -0.15) is 0 Å². The highest BCUT2D eigenvalue weighted by Crippen LogP contribution is 2.22. The van der Waals surface area contributed by atoms with E-state index in [2.05, 4.69) is 10.6 Å². The van der Waals surface area contributed by atoms with Gasteiger partial charge >= 0.3 is 0 Å². The first kappa shape index (κ1) is 16.4. The highest BCUT2D eigenvalue weighted by Gasteiger charge is 2.21. The number of carbonyl (C=O) groups excluding carboxylic acids is 1. The summed E-state index contributed by atoms with van der Waals surface area (Å²) >= 11 is 5.23. The Kier molecular flexibility index (Phi) is 5.05. The van der Waals surface area contributed by atoms with E-state index in [1.54, 1.807) is 12.1 Å². The van der Waals surface area contributed by atoms with Crippen LogP contribution in [-0.4, -0.2) is 17.6 Å². The second-order valence-corrected chi connectivity index (χ2v) is 6.05. The highest BCUT2D eigenvalue weighted by atomic mass is 32.1.